The molecule has 12 atom stereocenters. The molecule has 3 aliphatic heterocycles. The molecular weight excluding hydrogens is 502 g/mol. The highest BCUT2D eigenvalue weighted by Gasteiger charge is 2.87. The Balaban J connectivity index is 1.56. The number of allylic oxidation sites excluding steroid dienone is 1. The molecule has 6 rings (SSSR count). The second kappa shape index (κ2) is 8.46. The van der Waals surface area contributed by atoms with Crippen molar-refractivity contribution in [1.82, 2.24) is 5.32 Å². The van der Waals surface area contributed by atoms with Gasteiger partial charge in [0.05, 0.1) is 6.10 Å². The summed E-state index contributed by atoms with van der Waals surface area (Å²) in [6.45, 7) is 8.18. The molecule has 9 heteroatoms. The fourth-order valence-electron chi connectivity index (χ4n) is 8.19. The lowest BCUT2D eigenvalue weighted by Crippen LogP contribution is -2.67. The molecule has 1 amide bonds. The maximum absolute atomic E-state index is 14.4. The Kier molecular flexibility index (Phi) is 5.77. The number of epoxide rings is 2. The minimum Gasteiger partial charge on any atom is -0.458 e. The smallest absolute Gasteiger partial charge is 0.303 e. The first kappa shape index (κ1) is 26.6. The molecule has 1 spiro atoms. The molecule has 0 unspecified atom stereocenters. The SMILES string of the molecule is CC(=O)O[C@@H]1[C@@H]2O[C@@H]2[C@@](C)(O)C(=O)[C@@H](C)C/C=C\[C@H]2[C@H](O)[C@]3(C)O[C@]3(C)[C@H]3[C@H](Cc4ccccc4)NC(=O)[C@@]123. The van der Waals surface area contributed by atoms with Crippen LogP contribution in [0.25, 0.3) is 0 Å². The molecule has 210 valence electrons. The van der Waals surface area contributed by atoms with Crippen LogP contribution in [0.5, 0.6) is 0 Å². The van der Waals surface area contributed by atoms with Gasteiger partial charge < -0.3 is 29.7 Å². The molecular formula is C30H37NO8. The van der Waals surface area contributed by atoms with E-state index >= 15 is 0 Å². The van der Waals surface area contributed by atoms with Crippen molar-refractivity contribution in [2.45, 2.75) is 94.7 Å². The monoisotopic (exact) mass is 539 g/mol. The molecule has 3 heterocycles. The van der Waals surface area contributed by atoms with E-state index in [2.05, 4.69) is 5.32 Å². The topological polar surface area (TPSA) is 138 Å². The van der Waals surface area contributed by atoms with E-state index in [1.54, 1.807) is 19.1 Å². The van der Waals surface area contributed by atoms with Crippen molar-refractivity contribution in [2.24, 2.45) is 23.2 Å². The Morgan fingerprint density at radius 2 is 1.85 bits per heavy atom. The van der Waals surface area contributed by atoms with Crippen LogP contribution in [0.2, 0.25) is 0 Å². The Morgan fingerprint density at radius 1 is 1.15 bits per heavy atom. The Labute approximate surface area is 227 Å². The number of hydrogen-bond donors (Lipinski definition) is 3. The highest BCUT2D eigenvalue weighted by atomic mass is 16.7. The fraction of sp³-hybridized carbons (Fsp3) is 0.633. The Morgan fingerprint density at radius 3 is 2.51 bits per heavy atom. The van der Waals surface area contributed by atoms with E-state index in [9.17, 15) is 24.6 Å². The number of esters is 1. The molecule has 5 aliphatic rings. The number of carbonyl (C=O) groups is 3. The van der Waals surface area contributed by atoms with Gasteiger partial charge in [0.1, 0.15) is 40.5 Å². The van der Waals surface area contributed by atoms with Crippen molar-refractivity contribution >= 4 is 17.7 Å². The van der Waals surface area contributed by atoms with E-state index in [0.717, 1.165) is 5.56 Å². The summed E-state index contributed by atoms with van der Waals surface area (Å²) in [6.07, 6.45) is 0.231. The van der Waals surface area contributed by atoms with E-state index in [4.69, 9.17) is 14.2 Å². The number of aliphatic hydroxyl groups is 2. The fourth-order valence-corrected chi connectivity index (χ4v) is 8.19. The molecule has 1 aromatic rings. The summed E-state index contributed by atoms with van der Waals surface area (Å²) in [5.74, 6) is -3.22. The summed E-state index contributed by atoms with van der Waals surface area (Å²) in [6, 6.07) is 9.40. The summed E-state index contributed by atoms with van der Waals surface area (Å²) < 4.78 is 18.3. The third-order valence-corrected chi connectivity index (χ3v) is 10.3. The van der Waals surface area contributed by atoms with Crippen molar-refractivity contribution in [2.75, 3.05) is 0 Å². The molecule has 2 aliphatic carbocycles. The first-order chi connectivity index (χ1) is 18.3. The van der Waals surface area contributed by atoms with Crippen molar-refractivity contribution < 1.29 is 38.8 Å². The Bertz CT molecular complexity index is 1250. The number of Topliss-reactive ketones (excluding diaryl/α,β-unsaturated/α-hetero) is 1. The minimum absolute atomic E-state index is 0.304. The summed E-state index contributed by atoms with van der Waals surface area (Å²) in [7, 11) is 0. The van der Waals surface area contributed by atoms with Crippen LogP contribution < -0.4 is 5.32 Å². The van der Waals surface area contributed by atoms with Crippen molar-refractivity contribution in [3.05, 3.63) is 48.0 Å². The van der Waals surface area contributed by atoms with Crippen LogP contribution in [0.3, 0.4) is 0 Å². The third-order valence-electron chi connectivity index (χ3n) is 10.3. The molecule has 0 bridgehead atoms. The van der Waals surface area contributed by atoms with Crippen LogP contribution in [-0.4, -0.2) is 75.1 Å². The van der Waals surface area contributed by atoms with Crippen LogP contribution in [0, 0.1) is 23.2 Å². The second-order valence-corrected chi connectivity index (χ2v) is 12.6. The van der Waals surface area contributed by atoms with Crippen LogP contribution in [0.1, 0.15) is 46.6 Å². The molecule has 39 heavy (non-hydrogen) atoms. The third kappa shape index (κ3) is 3.49. The number of ether oxygens (including phenoxy) is 3. The van der Waals surface area contributed by atoms with Gasteiger partial charge in [-0.1, -0.05) is 49.4 Å². The maximum Gasteiger partial charge on any atom is 0.303 e. The molecule has 0 aromatic heterocycles. The normalized spacial score (nSPS) is 50.7. The number of ketones is 1. The number of fused-ring (bicyclic) bond motifs is 3. The second-order valence-electron chi connectivity index (χ2n) is 12.6. The van der Waals surface area contributed by atoms with Gasteiger partial charge in [-0.05, 0) is 39.2 Å². The summed E-state index contributed by atoms with van der Waals surface area (Å²) in [5.41, 5.74) is -4.15. The van der Waals surface area contributed by atoms with E-state index < -0.39 is 76.4 Å². The van der Waals surface area contributed by atoms with Crippen LogP contribution >= 0.6 is 0 Å². The van der Waals surface area contributed by atoms with E-state index in [1.165, 1.54) is 13.8 Å². The van der Waals surface area contributed by atoms with Gasteiger partial charge in [-0.25, -0.2) is 0 Å². The van der Waals surface area contributed by atoms with Gasteiger partial charge in [-0.3, -0.25) is 14.4 Å². The molecule has 1 aromatic carbocycles. The molecule has 9 nitrogen and oxygen atoms in total. The molecule has 0 radical (unpaired) electrons. The summed E-state index contributed by atoms with van der Waals surface area (Å²) >= 11 is 0. The first-order valence-corrected chi connectivity index (χ1v) is 13.8. The number of benzene rings is 1. The lowest BCUT2D eigenvalue weighted by atomic mass is 9.49. The lowest BCUT2D eigenvalue weighted by Gasteiger charge is -2.51. The number of rotatable bonds is 3. The van der Waals surface area contributed by atoms with Gasteiger partial charge in [-0.2, -0.15) is 0 Å². The number of hydrogen-bond acceptors (Lipinski definition) is 8. The number of amides is 1. The quantitative estimate of drug-likeness (QED) is 0.298. The average Bonchev–Trinajstić information content (AvgIpc) is 3.75. The number of aliphatic hydroxyl groups excluding tert-OH is 1. The number of carbonyl (C=O) groups excluding carboxylic acids is 3. The van der Waals surface area contributed by atoms with Crippen LogP contribution in [0.4, 0.5) is 0 Å². The zero-order valence-electron chi connectivity index (χ0n) is 22.9. The van der Waals surface area contributed by atoms with Crippen LogP contribution in [-0.2, 0) is 35.0 Å². The van der Waals surface area contributed by atoms with Crippen molar-refractivity contribution in [1.29, 1.82) is 0 Å². The maximum atomic E-state index is 14.4. The highest BCUT2D eigenvalue weighted by Crippen LogP contribution is 2.71. The van der Waals surface area contributed by atoms with E-state index in [1.807, 2.05) is 44.2 Å². The van der Waals surface area contributed by atoms with Gasteiger partial charge in [0.25, 0.3) is 0 Å². The van der Waals surface area contributed by atoms with Crippen molar-refractivity contribution in [3.8, 4) is 0 Å². The molecule has 3 saturated heterocycles. The van der Waals surface area contributed by atoms with Gasteiger partial charge in [0.15, 0.2) is 5.78 Å². The predicted molar refractivity (Wildman–Crippen MR) is 138 cm³/mol. The zero-order valence-corrected chi connectivity index (χ0v) is 22.9. The van der Waals surface area contributed by atoms with Gasteiger partial charge in [0.2, 0.25) is 5.91 Å². The Hall–Kier alpha value is -2.59. The predicted octanol–water partition coefficient (Wildman–Crippen LogP) is 1.48. The van der Waals surface area contributed by atoms with Crippen molar-refractivity contribution in [3.63, 3.8) is 0 Å². The minimum atomic E-state index is -1.84. The highest BCUT2D eigenvalue weighted by molar-refractivity contribution is 5.91. The molecule has 4 fully saturated rings. The lowest BCUT2D eigenvalue weighted by molar-refractivity contribution is -0.178. The van der Waals surface area contributed by atoms with Gasteiger partial charge >= 0.3 is 5.97 Å². The summed E-state index contributed by atoms with van der Waals surface area (Å²) in [5, 5.41) is 26.4. The number of nitrogens with one attached hydrogen (secondary N) is 1. The van der Waals surface area contributed by atoms with Crippen LogP contribution in [0.15, 0.2) is 42.5 Å². The largest absolute Gasteiger partial charge is 0.458 e. The standard InChI is InChI=1S/C30H37NO8/c1-15-10-9-13-18-23(34)29(5)28(4,39-29)21-19(14-17-11-7-6-8-12-17)31-26(35)30(18,21)25(37-16(2)32)20-24(38-20)27(3,36)22(15)33/h6-9,11-13,15,18-21,23-25,34,36H,10,14H2,1-5H3,(H,31,35)/b13-9-/t15-,18-,19-,20+,21+,23-,24-,25+,27-,28+,29-,30-/m0/s1. The molecule has 1 saturated carbocycles. The van der Waals surface area contributed by atoms with E-state index in [-0.39, 0.29) is 11.7 Å². The van der Waals surface area contributed by atoms with Gasteiger partial charge in [0, 0.05) is 30.7 Å². The van der Waals surface area contributed by atoms with E-state index in [0.29, 0.717) is 12.8 Å². The average molecular weight is 540 g/mol. The first-order valence-electron chi connectivity index (χ1n) is 13.8. The van der Waals surface area contributed by atoms with Gasteiger partial charge in [-0.15, -0.1) is 0 Å². The summed E-state index contributed by atoms with van der Waals surface area (Å²) in [4.78, 5) is 40.2. The molecule has 3 N–H and O–H groups in total. The zero-order chi connectivity index (χ0) is 28.1.